The molecule has 0 amide bonds. The van der Waals surface area contributed by atoms with Gasteiger partial charge >= 0.3 is 0 Å². The normalized spacial score (nSPS) is 11.4. The number of aryl methyl sites for hydroxylation is 1. The quantitative estimate of drug-likeness (QED) is 0.339. The van der Waals surface area contributed by atoms with Gasteiger partial charge in [-0.3, -0.25) is 4.99 Å². The summed E-state index contributed by atoms with van der Waals surface area (Å²) >= 11 is 1.84. The van der Waals surface area contributed by atoms with Gasteiger partial charge in [-0.2, -0.15) is 0 Å². The van der Waals surface area contributed by atoms with Crippen molar-refractivity contribution >= 4 is 17.7 Å². The summed E-state index contributed by atoms with van der Waals surface area (Å²) in [6, 6.07) is 10.4. The SMILES string of the molecule is CN=C(NCCCn1ccnc1)NCCSc1ccccc1. The van der Waals surface area contributed by atoms with E-state index in [1.807, 2.05) is 30.4 Å². The zero-order valence-electron chi connectivity index (χ0n) is 12.9. The number of hydrogen-bond acceptors (Lipinski definition) is 3. The van der Waals surface area contributed by atoms with Crippen LogP contribution in [0.25, 0.3) is 0 Å². The number of guanidine groups is 1. The monoisotopic (exact) mass is 317 g/mol. The number of imidazole rings is 1. The second kappa shape index (κ2) is 9.89. The second-order valence-corrected chi connectivity index (χ2v) is 5.91. The Hall–Kier alpha value is -1.95. The number of aliphatic imine (C=N–C) groups is 1. The third kappa shape index (κ3) is 6.22. The number of rotatable bonds is 8. The van der Waals surface area contributed by atoms with E-state index in [9.17, 15) is 0 Å². The van der Waals surface area contributed by atoms with Crippen molar-refractivity contribution < 1.29 is 0 Å². The molecule has 0 atom stereocenters. The first-order valence-corrected chi connectivity index (χ1v) is 8.45. The molecular formula is C16H23N5S. The summed E-state index contributed by atoms with van der Waals surface area (Å²) in [5.41, 5.74) is 0. The first-order valence-electron chi connectivity index (χ1n) is 7.46. The summed E-state index contributed by atoms with van der Waals surface area (Å²) in [6.07, 6.45) is 6.66. The molecule has 2 rings (SSSR count). The van der Waals surface area contributed by atoms with E-state index in [0.29, 0.717) is 0 Å². The predicted octanol–water partition coefficient (Wildman–Crippen LogP) is 2.23. The molecule has 0 radical (unpaired) electrons. The molecule has 0 aliphatic rings. The minimum Gasteiger partial charge on any atom is -0.356 e. The van der Waals surface area contributed by atoms with Crippen LogP contribution in [-0.4, -0.2) is 41.4 Å². The van der Waals surface area contributed by atoms with Crippen molar-refractivity contribution in [3.8, 4) is 0 Å². The molecule has 0 aliphatic carbocycles. The molecule has 1 aromatic carbocycles. The van der Waals surface area contributed by atoms with Crippen LogP contribution in [-0.2, 0) is 6.54 Å². The van der Waals surface area contributed by atoms with Crippen LogP contribution in [0.3, 0.4) is 0 Å². The van der Waals surface area contributed by atoms with Gasteiger partial charge in [0.05, 0.1) is 6.33 Å². The van der Waals surface area contributed by atoms with Gasteiger partial charge in [0.25, 0.3) is 0 Å². The molecule has 0 bridgehead atoms. The fourth-order valence-electron chi connectivity index (χ4n) is 1.96. The van der Waals surface area contributed by atoms with Crippen LogP contribution in [0.5, 0.6) is 0 Å². The number of aromatic nitrogens is 2. The summed E-state index contributed by atoms with van der Waals surface area (Å²) in [5, 5.41) is 6.66. The standard InChI is InChI=1S/C16H23N5S/c1-17-16(19-8-5-11-21-12-9-18-14-21)20-10-13-22-15-6-3-2-4-7-15/h2-4,6-7,9,12,14H,5,8,10-11,13H2,1H3,(H2,17,19,20). The van der Waals surface area contributed by atoms with Crippen molar-refractivity contribution in [1.29, 1.82) is 0 Å². The summed E-state index contributed by atoms with van der Waals surface area (Å²) in [4.78, 5) is 9.56. The number of hydrogen-bond donors (Lipinski definition) is 2. The highest BCUT2D eigenvalue weighted by molar-refractivity contribution is 7.99. The third-order valence-electron chi connectivity index (χ3n) is 3.07. The van der Waals surface area contributed by atoms with E-state index in [2.05, 4.69) is 49.4 Å². The van der Waals surface area contributed by atoms with Crippen LogP contribution in [0, 0.1) is 0 Å². The Morgan fingerprint density at radius 1 is 1.23 bits per heavy atom. The molecule has 1 aromatic heterocycles. The Balaban J connectivity index is 1.55. The van der Waals surface area contributed by atoms with E-state index in [1.165, 1.54) is 4.90 Å². The van der Waals surface area contributed by atoms with Crippen molar-refractivity contribution in [2.45, 2.75) is 17.9 Å². The molecule has 6 heteroatoms. The van der Waals surface area contributed by atoms with Crippen LogP contribution in [0.1, 0.15) is 6.42 Å². The molecule has 0 aliphatic heterocycles. The van der Waals surface area contributed by atoms with Gasteiger partial charge < -0.3 is 15.2 Å². The molecule has 1 heterocycles. The molecule has 118 valence electrons. The van der Waals surface area contributed by atoms with Gasteiger partial charge in [0.15, 0.2) is 5.96 Å². The largest absolute Gasteiger partial charge is 0.356 e. The summed E-state index contributed by atoms with van der Waals surface area (Å²) < 4.78 is 2.08. The van der Waals surface area contributed by atoms with E-state index >= 15 is 0 Å². The number of thioether (sulfide) groups is 1. The van der Waals surface area contributed by atoms with Gasteiger partial charge in [0.2, 0.25) is 0 Å². The van der Waals surface area contributed by atoms with Crippen molar-refractivity contribution in [3.63, 3.8) is 0 Å². The van der Waals surface area contributed by atoms with Crippen LogP contribution >= 0.6 is 11.8 Å². The Bertz CT molecular complexity index is 539. The first kappa shape index (κ1) is 16.4. The fraction of sp³-hybridized carbons (Fsp3) is 0.375. The number of nitrogens with zero attached hydrogens (tertiary/aromatic N) is 3. The van der Waals surface area contributed by atoms with Crippen molar-refractivity contribution in [2.75, 3.05) is 25.9 Å². The Morgan fingerprint density at radius 2 is 2.05 bits per heavy atom. The third-order valence-corrected chi connectivity index (χ3v) is 4.09. The van der Waals surface area contributed by atoms with Crippen molar-refractivity contribution in [1.82, 2.24) is 20.2 Å². The highest BCUT2D eigenvalue weighted by Crippen LogP contribution is 2.15. The summed E-state index contributed by atoms with van der Waals surface area (Å²) in [6.45, 7) is 2.75. The van der Waals surface area contributed by atoms with E-state index in [-0.39, 0.29) is 0 Å². The van der Waals surface area contributed by atoms with Gasteiger partial charge in [-0.1, -0.05) is 18.2 Å². The van der Waals surface area contributed by atoms with E-state index in [1.54, 1.807) is 13.2 Å². The lowest BCUT2D eigenvalue weighted by Crippen LogP contribution is -2.39. The van der Waals surface area contributed by atoms with Gasteiger partial charge in [-0.25, -0.2) is 4.98 Å². The average molecular weight is 317 g/mol. The molecule has 2 aromatic rings. The Morgan fingerprint density at radius 3 is 2.77 bits per heavy atom. The Labute approximate surface area is 136 Å². The van der Waals surface area contributed by atoms with Gasteiger partial charge in [-0.15, -0.1) is 11.8 Å². The lowest BCUT2D eigenvalue weighted by molar-refractivity contribution is 0.625. The van der Waals surface area contributed by atoms with Gasteiger partial charge in [0, 0.05) is 49.7 Å². The maximum Gasteiger partial charge on any atom is 0.191 e. The van der Waals surface area contributed by atoms with E-state index in [4.69, 9.17) is 0 Å². The van der Waals surface area contributed by atoms with Crippen LogP contribution in [0.15, 0.2) is 58.9 Å². The maximum atomic E-state index is 4.23. The van der Waals surface area contributed by atoms with Crippen LogP contribution in [0.2, 0.25) is 0 Å². The fourth-order valence-corrected chi connectivity index (χ4v) is 2.75. The molecule has 0 saturated heterocycles. The zero-order valence-corrected chi connectivity index (χ0v) is 13.7. The lowest BCUT2D eigenvalue weighted by Gasteiger charge is -2.11. The second-order valence-electron chi connectivity index (χ2n) is 4.74. The Kier molecular flexibility index (Phi) is 7.38. The van der Waals surface area contributed by atoms with E-state index in [0.717, 1.165) is 37.8 Å². The summed E-state index contributed by atoms with van der Waals surface area (Å²) in [7, 11) is 1.80. The van der Waals surface area contributed by atoms with Crippen molar-refractivity contribution in [2.24, 2.45) is 4.99 Å². The highest BCUT2D eigenvalue weighted by Gasteiger charge is 1.98. The number of nitrogens with one attached hydrogen (secondary N) is 2. The molecule has 5 nitrogen and oxygen atoms in total. The zero-order chi connectivity index (χ0) is 15.5. The first-order chi connectivity index (χ1) is 10.9. The van der Waals surface area contributed by atoms with Crippen LogP contribution in [0.4, 0.5) is 0 Å². The molecule has 0 fully saturated rings. The minimum atomic E-state index is 0.860. The molecular weight excluding hydrogens is 294 g/mol. The average Bonchev–Trinajstić information content (AvgIpc) is 3.08. The lowest BCUT2D eigenvalue weighted by atomic mass is 10.4. The van der Waals surface area contributed by atoms with Crippen LogP contribution < -0.4 is 10.6 Å². The molecule has 22 heavy (non-hydrogen) atoms. The number of benzene rings is 1. The summed E-state index contributed by atoms with van der Waals surface area (Å²) in [5.74, 6) is 1.87. The van der Waals surface area contributed by atoms with Gasteiger partial charge in [0.1, 0.15) is 0 Å². The smallest absolute Gasteiger partial charge is 0.191 e. The molecule has 0 spiro atoms. The maximum absolute atomic E-state index is 4.23. The molecule has 0 saturated carbocycles. The molecule has 0 unspecified atom stereocenters. The van der Waals surface area contributed by atoms with E-state index < -0.39 is 0 Å². The topological polar surface area (TPSA) is 54.2 Å². The predicted molar refractivity (Wildman–Crippen MR) is 93.4 cm³/mol. The van der Waals surface area contributed by atoms with Crippen molar-refractivity contribution in [3.05, 3.63) is 49.1 Å². The highest BCUT2D eigenvalue weighted by atomic mass is 32.2. The molecule has 2 N–H and O–H groups in total. The van der Waals surface area contributed by atoms with Gasteiger partial charge in [-0.05, 0) is 18.6 Å². The minimum absolute atomic E-state index is 0.860.